The van der Waals surface area contributed by atoms with Crippen LogP contribution in [0.4, 0.5) is 0 Å². The molecule has 156 valence electrons. The fourth-order valence-corrected chi connectivity index (χ4v) is 3.76. The highest BCUT2D eigenvalue weighted by Gasteiger charge is 2.21. The quantitative estimate of drug-likeness (QED) is 0.257. The summed E-state index contributed by atoms with van der Waals surface area (Å²) in [5, 5.41) is 8.97. The van der Waals surface area contributed by atoms with E-state index in [4.69, 9.17) is 4.99 Å². The van der Waals surface area contributed by atoms with Crippen LogP contribution in [0.2, 0.25) is 0 Å². The van der Waals surface area contributed by atoms with Gasteiger partial charge in [0.05, 0.1) is 12.9 Å². The van der Waals surface area contributed by atoms with E-state index < -0.39 is 0 Å². The molecule has 0 aliphatic heterocycles. The molecule has 0 aliphatic carbocycles. The Morgan fingerprint density at radius 3 is 2.52 bits per heavy atom. The topological polar surface area (TPSA) is 54.2 Å². The largest absolute Gasteiger partial charge is 0.357 e. The van der Waals surface area contributed by atoms with Crippen molar-refractivity contribution in [2.24, 2.45) is 4.99 Å². The minimum atomic E-state index is 0. The van der Waals surface area contributed by atoms with Gasteiger partial charge in [-0.3, -0.25) is 0 Å². The van der Waals surface area contributed by atoms with Crippen LogP contribution in [0.5, 0.6) is 0 Å². The fourth-order valence-electron chi connectivity index (χ4n) is 2.91. The summed E-state index contributed by atoms with van der Waals surface area (Å²) >= 11 is 1.80. The lowest BCUT2D eigenvalue weighted by molar-refractivity contribution is 0.518. The summed E-state index contributed by atoms with van der Waals surface area (Å²) in [5.41, 5.74) is 2.52. The molecule has 3 aromatic rings. The van der Waals surface area contributed by atoms with E-state index in [2.05, 4.69) is 82.7 Å². The smallest absolute Gasteiger partial charge is 0.191 e. The number of halogens is 1. The van der Waals surface area contributed by atoms with Crippen LogP contribution in [0.25, 0.3) is 0 Å². The molecule has 3 rings (SSSR count). The molecule has 0 amide bonds. The third kappa shape index (κ3) is 7.15. The monoisotopic (exact) mass is 523 g/mol. The summed E-state index contributed by atoms with van der Waals surface area (Å²) in [5.74, 6) is 0.856. The second-order valence-corrected chi connectivity index (χ2v) is 8.41. The van der Waals surface area contributed by atoms with Crippen LogP contribution < -0.4 is 10.6 Å². The number of nitrogens with one attached hydrogen (secondary N) is 2. The Kier molecular flexibility index (Phi) is 9.16. The zero-order valence-electron chi connectivity index (χ0n) is 17.3. The number of hydrogen-bond donors (Lipinski definition) is 2. The van der Waals surface area contributed by atoms with Gasteiger partial charge in [0.1, 0.15) is 0 Å². The van der Waals surface area contributed by atoms with E-state index in [0.29, 0.717) is 6.54 Å². The molecular formula is C22H30IN5S. The summed E-state index contributed by atoms with van der Waals surface area (Å²) in [6, 6.07) is 12.9. The fraction of sp³-hybridized carbons (Fsp3) is 0.364. The highest BCUT2D eigenvalue weighted by molar-refractivity contribution is 14.0. The lowest BCUT2D eigenvalue weighted by atomic mass is 9.91. The minimum absolute atomic E-state index is 0. The maximum absolute atomic E-state index is 4.76. The maximum atomic E-state index is 4.76. The van der Waals surface area contributed by atoms with Gasteiger partial charge in [-0.2, -0.15) is 0 Å². The molecule has 2 heterocycles. The molecule has 0 spiro atoms. The van der Waals surface area contributed by atoms with Gasteiger partial charge in [-0.05, 0) is 29.5 Å². The van der Waals surface area contributed by atoms with Crippen molar-refractivity contribution < 1.29 is 0 Å². The zero-order chi connectivity index (χ0) is 19.8. The molecule has 0 fully saturated rings. The van der Waals surface area contributed by atoms with Crippen molar-refractivity contribution in [3.63, 3.8) is 0 Å². The van der Waals surface area contributed by atoms with Gasteiger partial charge in [0, 0.05) is 42.3 Å². The van der Waals surface area contributed by atoms with E-state index in [1.54, 1.807) is 17.5 Å². The molecule has 2 aromatic heterocycles. The van der Waals surface area contributed by atoms with Crippen LogP contribution in [-0.4, -0.2) is 28.6 Å². The Bertz CT molecular complexity index is 855. The first-order chi connectivity index (χ1) is 13.6. The second-order valence-electron chi connectivity index (χ2n) is 7.46. The Balaban J connectivity index is 0.00000300. The van der Waals surface area contributed by atoms with E-state index in [0.717, 1.165) is 25.6 Å². The summed E-state index contributed by atoms with van der Waals surface area (Å²) < 4.78 is 2.07. The summed E-state index contributed by atoms with van der Waals surface area (Å²) in [7, 11) is 0. The summed E-state index contributed by atoms with van der Waals surface area (Å²) in [6.07, 6.45) is 5.62. The first kappa shape index (κ1) is 23.4. The van der Waals surface area contributed by atoms with Gasteiger partial charge >= 0.3 is 0 Å². The van der Waals surface area contributed by atoms with Crippen molar-refractivity contribution in [3.05, 3.63) is 76.5 Å². The predicted molar refractivity (Wildman–Crippen MR) is 133 cm³/mol. The van der Waals surface area contributed by atoms with E-state index in [-0.39, 0.29) is 29.4 Å². The van der Waals surface area contributed by atoms with Gasteiger partial charge in [-0.1, -0.05) is 44.2 Å². The standard InChI is InChI=1S/C22H29N5S.HI/c1-4-24-21(26-16-22(2,3)20-6-5-13-28-20)25-14-18-7-9-19(10-8-18)15-27-12-11-23-17-27;/h5-13,17H,4,14-16H2,1-3H3,(H2,24,25,26);1H. The van der Waals surface area contributed by atoms with Gasteiger partial charge in [-0.25, -0.2) is 9.98 Å². The van der Waals surface area contributed by atoms with Crippen molar-refractivity contribution in [1.82, 2.24) is 20.2 Å². The van der Waals surface area contributed by atoms with Crippen molar-refractivity contribution >= 4 is 41.3 Å². The minimum Gasteiger partial charge on any atom is -0.357 e. The van der Waals surface area contributed by atoms with Gasteiger partial charge in [-0.15, -0.1) is 35.3 Å². The molecule has 0 radical (unpaired) electrons. The van der Waals surface area contributed by atoms with E-state index in [1.807, 2.05) is 12.5 Å². The lowest BCUT2D eigenvalue weighted by Crippen LogP contribution is -2.43. The highest BCUT2D eigenvalue weighted by Crippen LogP contribution is 2.26. The van der Waals surface area contributed by atoms with Gasteiger partial charge < -0.3 is 15.2 Å². The molecule has 2 N–H and O–H groups in total. The van der Waals surface area contributed by atoms with Gasteiger partial charge in [0.2, 0.25) is 0 Å². The molecule has 0 aliphatic rings. The van der Waals surface area contributed by atoms with Crippen LogP contribution in [0.15, 0.2) is 65.5 Å². The Morgan fingerprint density at radius 1 is 1.14 bits per heavy atom. The van der Waals surface area contributed by atoms with Crippen LogP contribution in [-0.2, 0) is 18.5 Å². The Hall–Kier alpha value is -1.87. The number of imidazole rings is 1. The number of guanidine groups is 1. The molecule has 7 heteroatoms. The normalized spacial score (nSPS) is 11.8. The van der Waals surface area contributed by atoms with Crippen molar-refractivity contribution in [1.29, 1.82) is 0 Å². The summed E-state index contributed by atoms with van der Waals surface area (Å²) in [6.45, 7) is 9.78. The predicted octanol–water partition coefficient (Wildman–Crippen LogP) is 4.64. The SMILES string of the molecule is CCNC(=NCc1ccc(Cn2ccnc2)cc1)NCC(C)(C)c1cccs1.I. The Labute approximate surface area is 194 Å². The zero-order valence-corrected chi connectivity index (χ0v) is 20.4. The van der Waals surface area contributed by atoms with Crippen LogP contribution in [0.1, 0.15) is 36.8 Å². The number of nitrogens with zero attached hydrogens (tertiary/aromatic N) is 3. The number of aliphatic imine (C=N–C) groups is 1. The van der Waals surface area contributed by atoms with Crippen LogP contribution in [0, 0.1) is 0 Å². The first-order valence-corrected chi connectivity index (χ1v) is 10.5. The third-order valence-corrected chi connectivity index (χ3v) is 5.83. The van der Waals surface area contributed by atoms with Crippen LogP contribution >= 0.6 is 35.3 Å². The van der Waals surface area contributed by atoms with Crippen molar-refractivity contribution in [2.75, 3.05) is 13.1 Å². The van der Waals surface area contributed by atoms with E-state index >= 15 is 0 Å². The third-order valence-electron chi connectivity index (χ3n) is 4.60. The number of rotatable bonds is 8. The highest BCUT2D eigenvalue weighted by atomic mass is 127. The van der Waals surface area contributed by atoms with E-state index in [9.17, 15) is 0 Å². The average Bonchev–Trinajstić information content (AvgIpc) is 3.39. The number of benzene rings is 1. The molecule has 5 nitrogen and oxygen atoms in total. The summed E-state index contributed by atoms with van der Waals surface area (Å²) in [4.78, 5) is 10.2. The van der Waals surface area contributed by atoms with Crippen LogP contribution in [0.3, 0.4) is 0 Å². The number of thiophene rings is 1. The molecular weight excluding hydrogens is 493 g/mol. The maximum Gasteiger partial charge on any atom is 0.191 e. The molecule has 0 unspecified atom stereocenters. The van der Waals surface area contributed by atoms with E-state index in [1.165, 1.54) is 16.0 Å². The molecule has 0 saturated heterocycles. The van der Waals surface area contributed by atoms with Crippen molar-refractivity contribution in [2.45, 2.75) is 39.3 Å². The average molecular weight is 523 g/mol. The molecule has 1 aromatic carbocycles. The second kappa shape index (κ2) is 11.3. The molecule has 0 saturated carbocycles. The molecule has 0 bridgehead atoms. The van der Waals surface area contributed by atoms with Gasteiger partial charge in [0.15, 0.2) is 5.96 Å². The van der Waals surface area contributed by atoms with Gasteiger partial charge in [0.25, 0.3) is 0 Å². The lowest BCUT2D eigenvalue weighted by Gasteiger charge is -2.25. The van der Waals surface area contributed by atoms with Crippen molar-refractivity contribution in [3.8, 4) is 0 Å². The number of hydrogen-bond acceptors (Lipinski definition) is 3. The molecule has 29 heavy (non-hydrogen) atoms. The Morgan fingerprint density at radius 2 is 1.90 bits per heavy atom. The number of aromatic nitrogens is 2. The molecule has 0 atom stereocenters. The first-order valence-electron chi connectivity index (χ1n) is 9.66.